The Morgan fingerprint density at radius 3 is 2.47 bits per heavy atom. The first-order chi connectivity index (χ1) is 21.3. The van der Waals surface area contributed by atoms with Crippen molar-refractivity contribution in [1.29, 1.82) is 0 Å². The molecule has 2 aromatic rings. The number of nitrogens with zero attached hydrogens (tertiary/aromatic N) is 3. The molecule has 0 N–H and O–H groups in total. The number of benzene rings is 1. The van der Waals surface area contributed by atoms with Gasteiger partial charge in [0.15, 0.2) is 17.5 Å². The van der Waals surface area contributed by atoms with Crippen LogP contribution >= 0.6 is 0 Å². The van der Waals surface area contributed by atoms with E-state index in [-0.39, 0.29) is 12.0 Å². The summed E-state index contributed by atoms with van der Waals surface area (Å²) in [4.78, 5) is 15.6. The fraction of sp³-hybridized carbons (Fsp3) is 0.256. The van der Waals surface area contributed by atoms with Crippen LogP contribution in [0.4, 0.5) is 0 Å². The molecule has 0 radical (unpaired) electrons. The highest BCUT2D eigenvalue weighted by Crippen LogP contribution is 2.50. The predicted molar refractivity (Wildman–Crippen MR) is 172 cm³/mol. The number of hydrogen-bond donors (Lipinski definition) is 0. The lowest BCUT2D eigenvalue weighted by Gasteiger charge is -2.38. The predicted octanol–water partition coefficient (Wildman–Crippen LogP) is 8.74. The molecule has 4 atom stereocenters. The van der Waals surface area contributed by atoms with E-state index in [9.17, 15) is 0 Å². The summed E-state index contributed by atoms with van der Waals surface area (Å²) in [6.07, 6.45) is 38.3. The molecule has 4 unspecified atom stereocenters. The molecule has 0 saturated carbocycles. The minimum Gasteiger partial charge on any atom is -0.485 e. The third-order valence-electron chi connectivity index (χ3n) is 9.82. The third-order valence-corrected chi connectivity index (χ3v) is 9.82. The van der Waals surface area contributed by atoms with Gasteiger partial charge in [0.1, 0.15) is 11.9 Å². The Labute approximate surface area is 252 Å². The lowest BCUT2D eigenvalue weighted by atomic mass is 9.66. The van der Waals surface area contributed by atoms with E-state index < -0.39 is 0 Å². The van der Waals surface area contributed by atoms with Crippen molar-refractivity contribution in [2.45, 2.75) is 50.5 Å². The molecule has 0 fully saturated rings. The Morgan fingerprint density at radius 2 is 1.53 bits per heavy atom. The second-order valence-electron chi connectivity index (χ2n) is 12.4. The van der Waals surface area contributed by atoms with Gasteiger partial charge < -0.3 is 4.74 Å². The molecule has 9 rings (SSSR count). The van der Waals surface area contributed by atoms with Crippen LogP contribution in [0.3, 0.4) is 0 Å². The first-order valence-corrected chi connectivity index (χ1v) is 15.8. The van der Waals surface area contributed by atoms with Gasteiger partial charge in [0.2, 0.25) is 0 Å². The van der Waals surface area contributed by atoms with E-state index in [0.717, 1.165) is 72.9 Å². The number of fused-ring (bicyclic) bond motifs is 6. The maximum atomic E-state index is 6.25. The van der Waals surface area contributed by atoms with E-state index in [1.54, 1.807) is 0 Å². The van der Waals surface area contributed by atoms with Crippen molar-refractivity contribution in [2.75, 3.05) is 0 Å². The van der Waals surface area contributed by atoms with Crippen molar-refractivity contribution in [3.05, 3.63) is 143 Å². The van der Waals surface area contributed by atoms with Gasteiger partial charge in [0, 0.05) is 40.0 Å². The highest BCUT2D eigenvalue weighted by molar-refractivity contribution is 5.83. The average Bonchev–Trinajstić information content (AvgIpc) is 3.46. The zero-order valence-corrected chi connectivity index (χ0v) is 24.1. The molecule has 6 aliphatic carbocycles. The molecule has 1 aromatic carbocycles. The van der Waals surface area contributed by atoms with E-state index in [0.29, 0.717) is 11.8 Å². The van der Waals surface area contributed by atoms with Crippen LogP contribution in [-0.2, 0) is 0 Å². The van der Waals surface area contributed by atoms with Crippen LogP contribution in [0.1, 0.15) is 61.7 Å². The first kappa shape index (κ1) is 25.0. The van der Waals surface area contributed by atoms with Crippen LogP contribution in [-0.4, -0.2) is 21.1 Å². The quantitative estimate of drug-likeness (QED) is 0.377. The maximum Gasteiger partial charge on any atom is 0.164 e. The van der Waals surface area contributed by atoms with Crippen LogP contribution in [0, 0.1) is 11.8 Å². The summed E-state index contributed by atoms with van der Waals surface area (Å²) in [5.41, 5.74) is 10.2. The number of rotatable bonds is 3. The Balaban J connectivity index is 1.19. The van der Waals surface area contributed by atoms with Crippen LogP contribution in [0.5, 0.6) is 5.75 Å². The molecule has 0 saturated heterocycles. The summed E-state index contributed by atoms with van der Waals surface area (Å²) in [6.45, 7) is 0. The molecule has 2 heterocycles. The van der Waals surface area contributed by atoms with Crippen LogP contribution in [0.2, 0.25) is 0 Å². The topological polar surface area (TPSA) is 47.9 Å². The summed E-state index contributed by atoms with van der Waals surface area (Å²) in [5, 5.41) is 0. The lowest BCUT2D eigenvalue weighted by molar-refractivity contribution is 0.269. The van der Waals surface area contributed by atoms with Gasteiger partial charge in [0.25, 0.3) is 0 Å². The van der Waals surface area contributed by atoms with Crippen LogP contribution in [0.15, 0.2) is 126 Å². The molecule has 210 valence electrons. The molecule has 1 aromatic heterocycles. The second kappa shape index (κ2) is 10.0. The highest BCUT2D eigenvalue weighted by atomic mass is 16.5. The molecular formula is C39H33N3O. The first-order valence-electron chi connectivity index (χ1n) is 15.8. The van der Waals surface area contributed by atoms with Gasteiger partial charge in [-0.25, -0.2) is 15.0 Å². The van der Waals surface area contributed by atoms with E-state index >= 15 is 0 Å². The molecule has 0 amide bonds. The Bertz CT molecular complexity index is 1870. The van der Waals surface area contributed by atoms with Crippen molar-refractivity contribution >= 4 is 11.1 Å². The van der Waals surface area contributed by atoms with Gasteiger partial charge in [-0.15, -0.1) is 0 Å². The molecule has 0 spiro atoms. The van der Waals surface area contributed by atoms with Crippen LogP contribution in [0.25, 0.3) is 22.5 Å². The van der Waals surface area contributed by atoms with Crippen molar-refractivity contribution in [2.24, 2.45) is 11.8 Å². The highest BCUT2D eigenvalue weighted by Gasteiger charge is 2.37. The van der Waals surface area contributed by atoms with E-state index in [2.05, 4.69) is 103 Å². The van der Waals surface area contributed by atoms with Gasteiger partial charge in [-0.05, 0) is 85.1 Å². The Hall–Kier alpha value is -4.57. The van der Waals surface area contributed by atoms with Gasteiger partial charge in [-0.1, -0.05) is 79.0 Å². The summed E-state index contributed by atoms with van der Waals surface area (Å²) in [5.74, 6) is 4.09. The molecule has 0 bridgehead atoms. The van der Waals surface area contributed by atoms with E-state index in [4.69, 9.17) is 19.7 Å². The smallest absolute Gasteiger partial charge is 0.164 e. The van der Waals surface area contributed by atoms with E-state index in [1.807, 2.05) is 0 Å². The molecule has 7 aliphatic rings. The number of allylic oxidation sites excluding steroid dienone is 18. The largest absolute Gasteiger partial charge is 0.485 e. The average molecular weight is 560 g/mol. The summed E-state index contributed by atoms with van der Waals surface area (Å²) >= 11 is 0. The van der Waals surface area contributed by atoms with Crippen molar-refractivity contribution in [3.63, 3.8) is 0 Å². The summed E-state index contributed by atoms with van der Waals surface area (Å²) < 4.78 is 6.25. The number of ether oxygens (including phenoxy) is 1. The van der Waals surface area contributed by atoms with Gasteiger partial charge in [-0.2, -0.15) is 0 Å². The summed E-state index contributed by atoms with van der Waals surface area (Å²) in [6, 6.07) is 6.42. The Kier molecular flexibility index (Phi) is 5.82. The lowest BCUT2D eigenvalue weighted by Crippen LogP contribution is -2.26. The normalized spacial score (nSPS) is 27.6. The SMILES string of the molecule is C1=CC2Oc3ccc(-c4nc(C5=CCCC=C5)nc(C5=CCCC6=C5C5C7=C(C=CC5C=C6)CCC=C7)n4)cc3C2C=C1. The van der Waals surface area contributed by atoms with Crippen molar-refractivity contribution in [1.82, 2.24) is 15.0 Å². The fourth-order valence-electron chi connectivity index (χ4n) is 7.74. The van der Waals surface area contributed by atoms with E-state index in [1.165, 1.54) is 33.4 Å². The molecule has 43 heavy (non-hydrogen) atoms. The number of aromatic nitrogens is 3. The zero-order chi connectivity index (χ0) is 28.3. The molecule has 4 heteroatoms. The Morgan fingerprint density at radius 1 is 0.698 bits per heavy atom. The monoisotopic (exact) mass is 559 g/mol. The second-order valence-corrected chi connectivity index (χ2v) is 12.4. The zero-order valence-electron chi connectivity index (χ0n) is 24.1. The standard InChI is InChI=1S/C39H33N3O/c1-2-10-27(11-3-1)37-40-38(28-21-22-34-32(23-28)30-14-6-7-16-33(30)43-34)42-39(41-37)31-15-8-12-25-19-20-26-18-17-24-9-4-5-13-29(24)35(26)36(25)31/h2,5-7,10-11,13-23,26,30,33,35H,1,3-4,8-9,12H2. The van der Waals surface area contributed by atoms with Crippen molar-refractivity contribution < 1.29 is 4.74 Å². The third kappa shape index (κ3) is 4.15. The molecule has 4 nitrogen and oxygen atoms in total. The fourth-order valence-corrected chi connectivity index (χ4v) is 7.74. The number of hydrogen-bond acceptors (Lipinski definition) is 4. The minimum absolute atomic E-state index is 0.0555. The van der Waals surface area contributed by atoms with Gasteiger partial charge in [0.05, 0.1) is 0 Å². The maximum absolute atomic E-state index is 6.25. The van der Waals surface area contributed by atoms with Gasteiger partial charge in [-0.3, -0.25) is 0 Å². The van der Waals surface area contributed by atoms with Crippen molar-refractivity contribution in [3.8, 4) is 17.1 Å². The van der Waals surface area contributed by atoms with Crippen LogP contribution < -0.4 is 4.74 Å². The minimum atomic E-state index is 0.0555. The molecule has 1 aliphatic heterocycles. The molecular weight excluding hydrogens is 526 g/mol. The summed E-state index contributed by atoms with van der Waals surface area (Å²) in [7, 11) is 0. The van der Waals surface area contributed by atoms with Gasteiger partial charge >= 0.3 is 0 Å².